The van der Waals surface area contributed by atoms with E-state index in [4.69, 9.17) is 0 Å². The highest BCUT2D eigenvalue weighted by Gasteiger charge is 2.19. The smallest absolute Gasteiger partial charge is 0.279 e. The molecule has 0 unspecified atom stereocenters. The largest absolute Gasteiger partial charge is 0.507 e. The fourth-order valence-electron chi connectivity index (χ4n) is 2.53. The molecule has 0 spiro atoms. The minimum Gasteiger partial charge on any atom is -0.507 e. The Morgan fingerprint density at radius 2 is 1.95 bits per heavy atom. The number of phenols is 1. The van der Waals surface area contributed by atoms with Gasteiger partial charge in [-0.2, -0.15) is 0 Å². The second-order valence-electron chi connectivity index (χ2n) is 5.29. The number of nitrogens with one attached hydrogen (secondary N) is 2. The van der Waals surface area contributed by atoms with Crippen LogP contribution in [0.15, 0.2) is 24.3 Å². The fourth-order valence-corrected chi connectivity index (χ4v) is 3.67. The van der Waals surface area contributed by atoms with Crippen molar-refractivity contribution >= 4 is 23.2 Å². The third-order valence-corrected chi connectivity index (χ3v) is 4.98. The Labute approximate surface area is 131 Å². The van der Waals surface area contributed by atoms with Crippen LogP contribution >= 0.6 is 11.3 Å². The summed E-state index contributed by atoms with van der Waals surface area (Å²) in [4.78, 5) is 25.9. The molecule has 1 aromatic carbocycles. The lowest BCUT2D eigenvalue weighted by Gasteiger charge is -2.09. The van der Waals surface area contributed by atoms with Crippen LogP contribution in [0.5, 0.6) is 5.75 Å². The molecule has 5 nitrogen and oxygen atoms in total. The molecule has 3 rings (SSSR count). The lowest BCUT2D eigenvalue weighted by Crippen LogP contribution is -2.41. The molecule has 1 aliphatic carbocycles. The lowest BCUT2D eigenvalue weighted by atomic mass is 10.1. The normalized spacial score (nSPS) is 12.8. The molecule has 1 heterocycles. The van der Waals surface area contributed by atoms with Gasteiger partial charge in [0, 0.05) is 4.88 Å². The SMILES string of the molecule is Cc1cccc(C(=O)NNC(=O)c2cc3c(s2)CCC3)c1O. The number of hydrazine groups is 1. The second-order valence-corrected chi connectivity index (χ2v) is 6.43. The van der Waals surface area contributed by atoms with E-state index < -0.39 is 5.91 Å². The molecular formula is C16H16N2O3S. The zero-order chi connectivity index (χ0) is 15.7. The maximum Gasteiger partial charge on any atom is 0.279 e. The predicted molar refractivity (Wildman–Crippen MR) is 84.1 cm³/mol. The Morgan fingerprint density at radius 1 is 1.18 bits per heavy atom. The topological polar surface area (TPSA) is 78.4 Å². The number of thiophene rings is 1. The van der Waals surface area contributed by atoms with E-state index >= 15 is 0 Å². The van der Waals surface area contributed by atoms with E-state index in [9.17, 15) is 14.7 Å². The first-order valence-electron chi connectivity index (χ1n) is 7.07. The van der Waals surface area contributed by atoms with Crippen LogP contribution in [0.3, 0.4) is 0 Å². The summed E-state index contributed by atoms with van der Waals surface area (Å²) in [6.07, 6.45) is 3.19. The van der Waals surface area contributed by atoms with E-state index in [1.165, 1.54) is 27.8 Å². The van der Waals surface area contributed by atoms with Crippen LogP contribution in [0.2, 0.25) is 0 Å². The molecule has 0 saturated heterocycles. The third kappa shape index (κ3) is 2.69. The molecular weight excluding hydrogens is 300 g/mol. The van der Waals surface area contributed by atoms with Gasteiger partial charge in [0.05, 0.1) is 10.4 Å². The Hall–Kier alpha value is -2.34. The number of carbonyl (C=O) groups is 2. The summed E-state index contributed by atoms with van der Waals surface area (Å²) < 4.78 is 0. The first kappa shape index (κ1) is 14.6. The van der Waals surface area contributed by atoms with Gasteiger partial charge in [0.2, 0.25) is 0 Å². The Balaban J connectivity index is 1.65. The van der Waals surface area contributed by atoms with Gasteiger partial charge in [-0.05, 0) is 49.4 Å². The molecule has 1 aromatic heterocycles. The van der Waals surface area contributed by atoms with Gasteiger partial charge in [-0.3, -0.25) is 20.4 Å². The van der Waals surface area contributed by atoms with Crippen LogP contribution in [-0.2, 0) is 12.8 Å². The highest BCUT2D eigenvalue weighted by Crippen LogP contribution is 2.30. The number of rotatable bonds is 2. The van der Waals surface area contributed by atoms with Gasteiger partial charge in [0.15, 0.2) is 0 Å². The number of fused-ring (bicyclic) bond motifs is 1. The van der Waals surface area contributed by atoms with Crippen molar-refractivity contribution in [1.29, 1.82) is 0 Å². The molecule has 1 aliphatic rings. The molecule has 2 amide bonds. The van der Waals surface area contributed by atoms with Gasteiger partial charge in [-0.1, -0.05) is 12.1 Å². The van der Waals surface area contributed by atoms with E-state index in [1.807, 2.05) is 6.07 Å². The summed E-state index contributed by atoms with van der Waals surface area (Å²) >= 11 is 1.47. The maximum absolute atomic E-state index is 12.1. The summed E-state index contributed by atoms with van der Waals surface area (Å²) in [5.41, 5.74) is 6.70. The minimum atomic E-state index is -0.543. The van der Waals surface area contributed by atoms with Gasteiger partial charge >= 0.3 is 0 Å². The van der Waals surface area contributed by atoms with Crippen molar-refractivity contribution in [3.05, 3.63) is 50.7 Å². The van der Waals surface area contributed by atoms with Crippen LogP contribution in [0.4, 0.5) is 0 Å². The Kier molecular flexibility index (Phi) is 3.85. The fraction of sp³-hybridized carbons (Fsp3) is 0.250. The van der Waals surface area contributed by atoms with Crippen molar-refractivity contribution in [3.8, 4) is 5.75 Å². The van der Waals surface area contributed by atoms with Gasteiger partial charge < -0.3 is 5.11 Å². The third-order valence-electron chi connectivity index (χ3n) is 3.74. The van der Waals surface area contributed by atoms with Crippen LogP contribution < -0.4 is 10.9 Å². The van der Waals surface area contributed by atoms with Crippen LogP contribution in [0, 0.1) is 6.92 Å². The summed E-state index contributed by atoms with van der Waals surface area (Å²) in [5.74, 6) is -0.956. The Morgan fingerprint density at radius 3 is 2.73 bits per heavy atom. The summed E-state index contributed by atoms with van der Waals surface area (Å²) in [7, 11) is 0. The van der Waals surface area contributed by atoms with Crippen molar-refractivity contribution in [1.82, 2.24) is 10.9 Å². The quantitative estimate of drug-likeness (QED) is 0.744. The van der Waals surface area contributed by atoms with Gasteiger partial charge in [-0.15, -0.1) is 11.3 Å². The van der Waals surface area contributed by atoms with Gasteiger partial charge in [0.25, 0.3) is 11.8 Å². The number of carbonyl (C=O) groups excluding carboxylic acids is 2. The molecule has 114 valence electrons. The first-order valence-corrected chi connectivity index (χ1v) is 7.89. The Bertz CT molecular complexity index is 730. The second kappa shape index (κ2) is 5.81. The number of para-hydroxylation sites is 1. The highest BCUT2D eigenvalue weighted by molar-refractivity contribution is 7.14. The predicted octanol–water partition coefficient (Wildman–Crippen LogP) is 2.33. The van der Waals surface area contributed by atoms with E-state index in [2.05, 4.69) is 10.9 Å². The standard InChI is InChI=1S/C16H16N2O3S/c1-9-4-2-6-11(14(9)19)15(20)17-18-16(21)13-8-10-5-3-7-12(10)22-13/h2,4,6,8,19H,3,5,7H2,1H3,(H,17,20)(H,18,21). The van der Waals surface area contributed by atoms with Gasteiger partial charge in [0.1, 0.15) is 5.75 Å². The average molecular weight is 316 g/mol. The number of benzene rings is 1. The van der Waals surface area contributed by atoms with E-state index in [1.54, 1.807) is 19.1 Å². The van der Waals surface area contributed by atoms with Crippen molar-refractivity contribution in [2.75, 3.05) is 0 Å². The van der Waals surface area contributed by atoms with E-state index in [0.717, 1.165) is 19.3 Å². The molecule has 0 radical (unpaired) electrons. The van der Waals surface area contributed by atoms with Crippen molar-refractivity contribution in [3.63, 3.8) is 0 Å². The number of aryl methyl sites for hydroxylation is 3. The molecule has 3 N–H and O–H groups in total. The zero-order valence-corrected chi connectivity index (χ0v) is 12.9. The summed E-state index contributed by atoms with van der Waals surface area (Å²) in [6, 6.07) is 6.77. The van der Waals surface area contributed by atoms with Crippen molar-refractivity contribution in [2.24, 2.45) is 0 Å². The summed E-state index contributed by atoms with van der Waals surface area (Å²) in [6.45, 7) is 1.71. The number of amides is 2. The summed E-state index contributed by atoms with van der Waals surface area (Å²) in [5, 5.41) is 9.86. The molecule has 0 fully saturated rings. The molecule has 0 bridgehead atoms. The number of phenolic OH excluding ortho intramolecular Hbond substituents is 1. The first-order chi connectivity index (χ1) is 10.6. The molecule has 0 saturated carbocycles. The van der Waals surface area contributed by atoms with E-state index in [0.29, 0.717) is 10.4 Å². The molecule has 22 heavy (non-hydrogen) atoms. The molecule has 0 atom stereocenters. The lowest BCUT2D eigenvalue weighted by molar-refractivity contribution is 0.0847. The highest BCUT2D eigenvalue weighted by atomic mass is 32.1. The molecule has 6 heteroatoms. The molecule has 0 aliphatic heterocycles. The number of hydrogen-bond donors (Lipinski definition) is 3. The van der Waals surface area contributed by atoms with Crippen LogP contribution in [0.1, 0.15) is 42.5 Å². The minimum absolute atomic E-state index is 0.0793. The number of hydrogen-bond acceptors (Lipinski definition) is 4. The van der Waals surface area contributed by atoms with Crippen molar-refractivity contribution in [2.45, 2.75) is 26.2 Å². The monoisotopic (exact) mass is 316 g/mol. The average Bonchev–Trinajstić information content (AvgIpc) is 3.08. The van der Waals surface area contributed by atoms with Crippen LogP contribution in [0.25, 0.3) is 0 Å². The van der Waals surface area contributed by atoms with Crippen molar-refractivity contribution < 1.29 is 14.7 Å². The number of aromatic hydroxyl groups is 1. The van der Waals surface area contributed by atoms with Crippen LogP contribution in [-0.4, -0.2) is 16.9 Å². The van der Waals surface area contributed by atoms with Gasteiger partial charge in [-0.25, -0.2) is 0 Å². The zero-order valence-electron chi connectivity index (χ0n) is 12.1. The maximum atomic E-state index is 12.1. The molecule has 2 aromatic rings. The van der Waals surface area contributed by atoms with E-state index in [-0.39, 0.29) is 17.2 Å².